The highest BCUT2D eigenvalue weighted by atomic mass is 15.1. The third kappa shape index (κ3) is 3.73. The molecule has 1 aliphatic rings. The minimum absolute atomic E-state index is 0.413. The van der Waals surface area contributed by atoms with E-state index in [1.165, 1.54) is 49.8 Å². The second-order valence-corrected chi connectivity index (χ2v) is 6.28. The molecule has 2 heteroatoms. The van der Waals surface area contributed by atoms with Crippen LogP contribution in [0.5, 0.6) is 0 Å². The van der Waals surface area contributed by atoms with E-state index in [1.54, 1.807) is 0 Å². The van der Waals surface area contributed by atoms with Gasteiger partial charge in [-0.05, 0) is 55.8 Å². The second-order valence-electron chi connectivity index (χ2n) is 6.28. The van der Waals surface area contributed by atoms with Crippen LogP contribution in [0.1, 0.15) is 44.1 Å². The first-order chi connectivity index (χ1) is 9.15. The maximum absolute atomic E-state index is 6.07. The molecule has 0 amide bonds. The van der Waals surface area contributed by atoms with Gasteiger partial charge in [0, 0.05) is 19.3 Å². The molecule has 2 nitrogen and oxygen atoms in total. The first-order valence-electron chi connectivity index (χ1n) is 7.63. The van der Waals surface area contributed by atoms with Crippen LogP contribution in [0.2, 0.25) is 0 Å². The molecule has 0 aliphatic heterocycles. The van der Waals surface area contributed by atoms with Crippen LogP contribution >= 0.6 is 0 Å². The topological polar surface area (TPSA) is 29.3 Å². The molecule has 0 radical (unpaired) electrons. The Balaban J connectivity index is 1.93. The molecule has 1 aromatic rings. The molecule has 0 spiro atoms. The summed E-state index contributed by atoms with van der Waals surface area (Å²) in [5.41, 5.74) is 9.13. The molecular formula is C17H28N2. The van der Waals surface area contributed by atoms with Gasteiger partial charge in [-0.25, -0.2) is 0 Å². The van der Waals surface area contributed by atoms with E-state index in [1.807, 2.05) is 0 Å². The minimum Gasteiger partial charge on any atom is -0.375 e. The van der Waals surface area contributed by atoms with Crippen LogP contribution in [0.15, 0.2) is 24.3 Å². The van der Waals surface area contributed by atoms with Crippen LogP contribution in [0.3, 0.4) is 0 Å². The van der Waals surface area contributed by atoms with Crippen molar-refractivity contribution in [2.24, 2.45) is 11.1 Å². The van der Waals surface area contributed by atoms with E-state index in [0.29, 0.717) is 5.41 Å². The summed E-state index contributed by atoms with van der Waals surface area (Å²) in [4.78, 5) is 2.37. The molecule has 1 aliphatic carbocycles. The summed E-state index contributed by atoms with van der Waals surface area (Å²) in [7, 11) is 2.20. The fourth-order valence-electron chi connectivity index (χ4n) is 3.26. The fraction of sp³-hybridized carbons (Fsp3) is 0.647. The first kappa shape index (κ1) is 14.4. The van der Waals surface area contributed by atoms with Crippen LogP contribution in [-0.2, 0) is 0 Å². The van der Waals surface area contributed by atoms with Gasteiger partial charge in [0.2, 0.25) is 0 Å². The zero-order chi connectivity index (χ0) is 13.7. The number of nitrogens with zero attached hydrogens (tertiary/aromatic N) is 1. The highest BCUT2D eigenvalue weighted by Gasteiger charge is 2.30. The van der Waals surface area contributed by atoms with Crippen molar-refractivity contribution in [1.29, 1.82) is 0 Å². The number of hydrogen-bond acceptors (Lipinski definition) is 2. The Hall–Kier alpha value is -1.02. The lowest BCUT2D eigenvalue weighted by atomic mass is 9.72. The van der Waals surface area contributed by atoms with Gasteiger partial charge in [0.25, 0.3) is 0 Å². The maximum Gasteiger partial charge on any atom is 0.0366 e. The highest BCUT2D eigenvalue weighted by Crippen LogP contribution is 2.38. The van der Waals surface area contributed by atoms with E-state index in [4.69, 9.17) is 5.73 Å². The normalized spacial score (nSPS) is 18.3. The van der Waals surface area contributed by atoms with E-state index in [9.17, 15) is 0 Å². The van der Waals surface area contributed by atoms with Gasteiger partial charge in [0.1, 0.15) is 0 Å². The van der Waals surface area contributed by atoms with Crippen LogP contribution in [-0.4, -0.2) is 20.1 Å². The van der Waals surface area contributed by atoms with Gasteiger partial charge in [-0.3, -0.25) is 0 Å². The quantitative estimate of drug-likeness (QED) is 0.874. The highest BCUT2D eigenvalue weighted by molar-refractivity contribution is 5.47. The summed E-state index contributed by atoms with van der Waals surface area (Å²) in [6, 6.07) is 8.75. The monoisotopic (exact) mass is 260 g/mol. The smallest absolute Gasteiger partial charge is 0.0366 e. The number of anilines is 1. The lowest BCUT2D eigenvalue weighted by Crippen LogP contribution is -2.36. The Bertz CT molecular complexity index is 394. The molecule has 0 atom stereocenters. The van der Waals surface area contributed by atoms with E-state index >= 15 is 0 Å². The molecule has 19 heavy (non-hydrogen) atoms. The summed E-state index contributed by atoms with van der Waals surface area (Å²) >= 11 is 0. The molecule has 0 bridgehead atoms. The van der Waals surface area contributed by atoms with E-state index < -0.39 is 0 Å². The molecule has 1 fully saturated rings. The zero-order valence-corrected chi connectivity index (χ0v) is 12.5. The Morgan fingerprint density at radius 3 is 2.58 bits per heavy atom. The van der Waals surface area contributed by atoms with Crippen molar-refractivity contribution in [3.63, 3.8) is 0 Å². The summed E-state index contributed by atoms with van der Waals surface area (Å²) in [5.74, 6) is 0. The number of aryl methyl sites for hydroxylation is 1. The van der Waals surface area contributed by atoms with E-state index in [2.05, 4.69) is 43.1 Å². The maximum atomic E-state index is 6.07. The summed E-state index contributed by atoms with van der Waals surface area (Å²) in [6.45, 7) is 4.12. The largest absolute Gasteiger partial charge is 0.375 e. The molecule has 1 aromatic carbocycles. The van der Waals surface area contributed by atoms with Gasteiger partial charge in [-0.2, -0.15) is 0 Å². The van der Waals surface area contributed by atoms with Gasteiger partial charge < -0.3 is 10.6 Å². The van der Waals surface area contributed by atoms with Gasteiger partial charge in [-0.1, -0.05) is 31.4 Å². The SMILES string of the molecule is Cc1cccc(N(C)CCC2(CN)CCCCC2)c1. The Morgan fingerprint density at radius 1 is 1.21 bits per heavy atom. The van der Waals surface area contributed by atoms with Gasteiger partial charge in [0.15, 0.2) is 0 Å². The van der Waals surface area contributed by atoms with Crippen molar-refractivity contribution in [2.45, 2.75) is 45.4 Å². The average molecular weight is 260 g/mol. The summed E-state index contributed by atoms with van der Waals surface area (Å²) < 4.78 is 0. The number of rotatable bonds is 5. The third-order valence-electron chi connectivity index (χ3n) is 4.77. The predicted molar refractivity (Wildman–Crippen MR) is 83.6 cm³/mol. The van der Waals surface area contributed by atoms with Crippen LogP contribution in [0.25, 0.3) is 0 Å². The Kier molecular flexibility index (Phi) is 4.87. The second kappa shape index (κ2) is 6.42. The van der Waals surface area contributed by atoms with Crippen LogP contribution in [0.4, 0.5) is 5.69 Å². The number of benzene rings is 1. The minimum atomic E-state index is 0.413. The van der Waals surface area contributed by atoms with Crippen molar-refractivity contribution in [1.82, 2.24) is 0 Å². The lowest BCUT2D eigenvalue weighted by Gasteiger charge is -2.37. The van der Waals surface area contributed by atoms with Gasteiger partial charge in [0.05, 0.1) is 0 Å². The predicted octanol–water partition coefficient (Wildman–Crippen LogP) is 3.73. The lowest BCUT2D eigenvalue weighted by molar-refractivity contribution is 0.185. The van der Waals surface area contributed by atoms with Crippen molar-refractivity contribution in [3.05, 3.63) is 29.8 Å². The molecule has 2 rings (SSSR count). The first-order valence-corrected chi connectivity index (χ1v) is 7.63. The standard InChI is InChI=1S/C17H28N2/c1-15-7-6-8-16(13-15)19(2)12-11-17(14-18)9-4-3-5-10-17/h6-8,13H,3-5,9-12,14,18H2,1-2H3. The van der Waals surface area contributed by atoms with Crippen molar-refractivity contribution in [3.8, 4) is 0 Å². The number of hydrogen-bond donors (Lipinski definition) is 1. The van der Waals surface area contributed by atoms with Crippen molar-refractivity contribution in [2.75, 3.05) is 25.0 Å². The average Bonchev–Trinajstić information content (AvgIpc) is 2.46. The van der Waals surface area contributed by atoms with Gasteiger partial charge >= 0.3 is 0 Å². The number of nitrogens with two attached hydrogens (primary N) is 1. The Morgan fingerprint density at radius 2 is 1.95 bits per heavy atom. The third-order valence-corrected chi connectivity index (χ3v) is 4.77. The molecule has 0 saturated heterocycles. The summed E-state index contributed by atoms with van der Waals surface area (Å²) in [5, 5.41) is 0. The Labute approximate surface area is 118 Å². The molecule has 0 heterocycles. The summed E-state index contributed by atoms with van der Waals surface area (Å²) in [6.07, 6.45) is 8.01. The van der Waals surface area contributed by atoms with E-state index in [0.717, 1.165) is 13.1 Å². The van der Waals surface area contributed by atoms with Crippen molar-refractivity contribution < 1.29 is 0 Å². The molecule has 2 N–H and O–H groups in total. The van der Waals surface area contributed by atoms with Gasteiger partial charge in [-0.15, -0.1) is 0 Å². The molecule has 0 unspecified atom stereocenters. The van der Waals surface area contributed by atoms with E-state index in [-0.39, 0.29) is 0 Å². The fourth-order valence-corrected chi connectivity index (χ4v) is 3.26. The van der Waals surface area contributed by atoms with Crippen LogP contribution < -0.4 is 10.6 Å². The zero-order valence-electron chi connectivity index (χ0n) is 12.5. The molecule has 106 valence electrons. The van der Waals surface area contributed by atoms with Crippen molar-refractivity contribution >= 4 is 5.69 Å². The molecular weight excluding hydrogens is 232 g/mol. The van der Waals surface area contributed by atoms with Crippen LogP contribution in [0, 0.1) is 12.3 Å². The molecule has 1 saturated carbocycles. The molecule has 0 aromatic heterocycles.